The van der Waals surface area contributed by atoms with E-state index < -0.39 is 0 Å². The summed E-state index contributed by atoms with van der Waals surface area (Å²) in [5.41, 5.74) is 0.907. The quantitative estimate of drug-likeness (QED) is 0.791. The lowest BCUT2D eigenvalue weighted by Crippen LogP contribution is -2.11. The number of nitrogens with zero attached hydrogens (tertiary/aromatic N) is 3. The van der Waals surface area contributed by atoms with Crippen LogP contribution in [0.25, 0.3) is 16.7 Å². The fourth-order valence-corrected chi connectivity index (χ4v) is 2.45. The van der Waals surface area contributed by atoms with Crippen molar-refractivity contribution in [1.29, 1.82) is 0 Å². The number of benzene rings is 1. The zero-order valence-electron chi connectivity index (χ0n) is 10.5. The Morgan fingerprint density at radius 3 is 2.85 bits per heavy atom. The van der Waals surface area contributed by atoms with Crippen molar-refractivity contribution in [3.63, 3.8) is 0 Å². The fourth-order valence-electron chi connectivity index (χ4n) is 1.96. The maximum Gasteiger partial charge on any atom is 0.262 e. The van der Waals surface area contributed by atoms with Crippen LogP contribution in [0.4, 0.5) is 0 Å². The van der Waals surface area contributed by atoms with Crippen molar-refractivity contribution in [3.8, 4) is 5.69 Å². The monoisotopic (exact) mass is 308 g/mol. The molecule has 0 spiro atoms. The van der Waals surface area contributed by atoms with E-state index in [0.29, 0.717) is 39.0 Å². The molecule has 1 N–H and O–H groups in total. The van der Waals surface area contributed by atoms with E-state index in [4.69, 9.17) is 23.2 Å². The lowest BCUT2D eigenvalue weighted by atomic mass is 10.3. The van der Waals surface area contributed by atoms with Crippen LogP contribution < -0.4 is 5.56 Å². The standard InChI is InChI=1S/C13H10Cl2N4O/c1-2-11-17-12-8(13(20)18-11)6-16-19(12)10-4-3-7(14)5-9(10)15/h3-6H,2H2,1H3,(H,17,18,20). The third kappa shape index (κ3) is 2.09. The van der Waals surface area contributed by atoms with Gasteiger partial charge in [0.05, 0.1) is 16.9 Å². The predicted molar refractivity (Wildman–Crippen MR) is 78.9 cm³/mol. The average molecular weight is 309 g/mol. The summed E-state index contributed by atoms with van der Waals surface area (Å²) in [6.45, 7) is 1.92. The van der Waals surface area contributed by atoms with Gasteiger partial charge in [0.15, 0.2) is 5.65 Å². The zero-order chi connectivity index (χ0) is 14.3. The van der Waals surface area contributed by atoms with Crippen molar-refractivity contribution < 1.29 is 0 Å². The summed E-state index contributed by atoms with van der Waals surface area (Å²) in [6, 6.07) is 5.08. The van der Waals surface area contributed by atoms with E-state index in [1.807, 2.05) is 6.92 Å². The minimum atomic E-state index is -0.205. The largest absolute Gasteiger partial charge is 0.310 e. The molecule has 0 aliphatic rings. The first-order chi connectivity index (χ1) is 9.60. The molecule has 3 rings (SSSR count). The molecular weight excluding hydrogens is 299 g/mol. The molecule has 0 aliphatic carbocycles. The maximum atomic E-state index is 11.9. The van der Waals surface area contributed by atoms with Crippen LogP contribution in [-0.4, -0.2) is 19.7 Å². The average Bonchev–Trinajstić information content (AvgIpc) is 2.83. The van der Waals surface area contributed by atoms with Gasteiger partial charge in [-0.3, -0.25) is 4.79 Å². The Labute approximate surface area is 124 Å². The van der Waals surface area contributed by atoms with Gasteiger partial charge in [-0.15, -0.1) is 0 Å². The highest BCUT2D eigenvalue weighted by molar-refractivity contribution is 6.35. The molecule has 0 saturated carbocycles. The van der Waals surface area contributed by atoms with Gasteiger partial charge in [-0.2, -0.15) is 5.10 Å². The van der Waals surface area contributed by atoms with Crippen LogP contribution >= 0.6 is 23.2 Å². The van der Waals surface area contributed by atoms with Gasteiger partial charge in [0.25, 0.3) is 5.56 Å². The number of aromatic nitrogens is 4. The minimum Gasteiger partial charge on any atom is -0.310 e. The number of aromatic amines is 1. The molecular formula is C13H10Cl2N4O. The summed E-state index contributed by atoms with van der Waals surface area (Å²) in [4.78, 5) is 19.1. The van der Waals surface area contributed by atoms with Gasteiger partial charge in [0.1, 0.15) is 11.2 Å². The summed E-state index contributed by atoms with van der Waals surface area (Å²) in [5.74, 6) is 0.606. The molecule has 2 heterocycles. The Morgan fingerprint density at radius 2 is 2.15 bits per heavy atom. The highest BCUT2D eigenvalue weighted by atomic mass is 35.5. The number of nitrogens with one attached hydrogen (secondary N) is 1. The van der Waals surface area contributed by atoms with Crippen molar-refractivity contribution in [2.75, 3.05) is 0 Å². The van der Waals surface area contributed by atoms with Crippen LogP contribution in [0.5, 0.6) is 0 Å². The molecule has 0 atom stereocenters. The molecule has 3 aromatic rings. The predicted octanol–water partition coefficient (Wildman–Crippen LogP) is 2.98. The highest BCUT2D eigenvalue weighted by Gasteiger charge is 2.13. The van der Waals surface area contributed by atoms with Gasteiger partial charge >= 0.3 is 0 Å². The molecule has 20 heavy (non-hydrogen) atoms. The molecule has 0 radical (unpaired) electrons. The van der Waals surface area contributed by atoms with E-state index in [2.05, 4.69) is 15.1 Å². The number of hydrogen-bond donors (Lipinski definition) is 1. The normalized spacial score (nSPS) is 11.2. The smallest absolute Gasteiger partial charge is 0.262 e. The van der Waals surface area contributed by atoms with Crippen LogP contribution in [0.15, 0.2) is 29.2 Å². The van der Waals surface area contributed by atoms with Crippen LogP contribution in [-0.2, 0) is 6.42 Å². The van der Waals surface area contributed by atoms with Gasteiger partial charge < -0.3 is 4.98 Å². The minimum absolute atomic E-state index is 0.205. The van der Waals surface area contributed by atoms with Gasteiger partial charge in [-0.25, -0.2) is 9.67 Å². The highest BCUT2D eigenvalue weighted by Crippen LogP contribution is 2.25. The molecule has 0 aliphatic heterocycles. The summed E-state index contributed by atoms with van der Waals surface area (Å²) in [6.07, 6.45) is 2.11. The number of halogens is 2. The summed E-state index contributed by atoms with van der Waals surface area (Å²) in [5, 5.41) is 5.61. The lowest BCUT2D eigenvalue weighted by Gasteiger charge is -2.06. The number of fused-ring (bicyclic) bond motifs is 1. The molecule has 7 heteroatoms. The van der Waals surface area contributed by atoms with Gasteiger partial charge in [-0.1, -0.05) is 30.1 Å². The van der Waals surface area contributed by atoms with Crippen LogP contribution in [0, 0.1) is 0 Å². The van der Waals surface area contributed by atoms with Gasteiger partial charge in [0, 0.05) is 11.4 Å². The van der Waals surface area contributed by atoms with Crippen molar-refractivity contribution in [2.45, 2.75) is 13.3 Å². The molecule has 2 aromatic heterocycles. The molecule has 5 nitrogen and oxygen atoms in total. The molecule has 0 amide bonds. The molecule has 0 saturated heterocycles. The van der Waals surface area contributed by atoms with E-state index >= 15 is 0 Å². The Bertz CT molecular complexity index is 853. The van der Waals surface area contributed by atoms with E-state index in [-0.39, 0.29) is 5.56 Å². The molecule has 102 valence electrons. The molecule has 1 aromatic carbocycles. The number of aryl methyl sites for hydroxylation is 1. The van der Waals surface area contributed by atoms with Crippen LogP contribution in [0.3, 0.4) is 0 Å². The van der Waals surface area contributed by atoms with Gasteiger partial charge in [-0.05, 0) is 18.2 Å². The van der Waals surface area contributed by atoms with Gasteiger partial charge in [0.2, 0.25) is 0 Å². The summed E-state index contributed by atoms with van der Waals surface area (Å²) >= 11 is 12.1. The first-order valence-corrected chi connectivity index (χ1v) is 6.78. The second kappa shape index (κ2) is 4.92. The van der Waals surface area contributed by atoms with Crippen molar-refractivity contribution >= 4 is 34.2 Å². The molecule has 0 bridgehead atoms. The Morgan fingerprint density at radius 1 is 1.35 bits per heavy atom. The fraction of sp³-hybridized carbons (Fsp3) is 0.154. The molecule has 0 unspecified atom stereocenters. The Hall–Kier alpha value is -1.85. The van der Waals surface area contributed by atoms with Crippen LogP contribution in [0.2, 0.25) is 10.0 Å². The Kier molecular flexibility index (Phi) is 3.23. The zero-order valence-corrected chi connectivity index (χ0v) is 12.0. The van der Waals surface area contributed by atoms with Crippen LogP contribution in [0.1, 0.15) is 12.7 Å². The second-order valence-electron chi connectivity index (χ2n) is 4.26. The van der Waals surface area contributed by atoms with Crippen molar-refractivity contribution in [3.05, 3.63) is 50.6 Å². The molecule has 0 fully saturated rings. The third-order valence-electron chi connectivity index (χ3n) is 2.96. The van der Waals surface area contributed by atoms with E-state index in [9.17, 15) is 4.79 Å². The van der Waals surface area contributed by atoms with E-state index in [0.717, 1.165) is 0 Å². The summed E-state index contributed by atoms with van der Waals surface area (Å²) < 4.78 is 1.54. The van der Waals surface area contributed by atoms with E-state index in [1.54, 1.807) is 22.9 Å². The Balaban J connectivity index is 2.31. The van der Waals surface area contributed by atoms with Crippen molar-refractivity contribution in [1.82, 2.24) is 19.7 Å². The summed E-state index contributed by atoms with van der Waals surface area (Å²) in [7, 11) is 0. The number of rotatable bonds is 2. The first kappa shape index (κ1) is 13.1. The number of H-pyrrole nitrogens is 1. The maximum absolute atomic E-state index is 11.9. The topological polar surface area (TPSA) is 63.6 Å². The van der Waals surface area contributed by atoms with E-state index in [1.165, 1.54) is 6.20 Å². The van der Waals surface area contributed by atoms with Crippen molar-refractivity contribution in [2.24, 2.45) is 0 Å². The second-order valence-corrected chi connectivity index (χ2v) is 5.10. The SMILES string of the molecule is CCc1nc2c(cnn2-c2ccc(Cl)cc2Cl)c(=O)[nH]1. The first-order valence-electron chi connectivity index (χ1n) is 6.02. The number of hydrogen-bond acceptors (Lipinski definition) is 3. The third-order valence-corrected chi connectivity index (χ3v) is 3.50. The lowest BCUT2D eigenvalue weighted by molar-refractivity contribution is 0.874.